The normalized spacial score (nSPS) is 22.0. The van der Waals surface area contributed by atoms with Crippen molar-refractivity contribution >= 4 is 5.82 Å². The molecule has 3 nitrogen and oxygen atoms in total. The highest BCUT2D eigenvalue weighted by molar-refractivity contribution is 5.40. The lowest BCUT2D eigenvalue weighted by Gasteiger charge is -2.29. The van der Waals surface area contributed by atoms with Gasteiger partial charge in [-0.15, -0.1) is 0 Å². The van der Waals surface area contributed by atoms with Gasteiger partial charge < -0.3 is 4.90 Å². The van der Waals surface area contributed by atoms with Gasteiger partial charge in [-0.2, -0.15) is 0 Å². The highest BCUT2D eigenvalue weighted by Gasteiger charge is 2.26. The molecular formula is C21H27N3. The van der Waals surface area contributed by atoms with Crippen LogP contribution in [0.2, 0.25) is 0 Å². The molecule has 2 aliphatic rings. The first kappa shape index (κ1) is 15.6. The van der Waals surface area contributed by atoms with Gasteiger partial charge in [0.05, 0.1) is 0 Å². The quantitative estimate of drug-likeness (QED) is 0.831. The van der Waals surface area contributed by atoms with E-state index in [2.05, 4.69) is 58.5 Å². The van der Waals surface area contributed by atoms with Crippen LogP contribution in [0.25, 0.3) is 0 Å². The average Bonchev–Trinajstić information content (AvgIpc) is 3.11. The number of pyridine rings is 1. The molecule has 1 aromatic carbocycles. The van der Waals surface area contributed by atoms with Crippen molar-refractivity contribution < 1.29 is 0 Å². The molecule has 0 spiro atoms. The lowest BCUT2D eigenvalue weighted by Crippen LogP contribution is -2.30. The molecule has 3 heteroatoms. The highest BCUT2D eigenvalue weighted by Crippen LogP contribution is 2.33. The van der Waals surface area contributed by atoms with Crippen molar-refractivity contribution in [3.05, 3.63) is 59.8 Å². The zero-order valence-electron chi connectivity index (χ0n) is 14.4. The first-order chi connectivity index (χ1) is 11.9. The van der Waals surface area contributed by atoms with E-state index in [1.807, 2.05) is 0 Å². The topological polar surface area (TPSA) is 19.4 Å². The molecule has 0 bridgehead atoms. The summed E-state index contributed by atoms with van der Waals surface area (Å²) in [6, 6.07) is 15.9. The highest BCUT2D eigenvalue weighted by atomic mass is 15.2. The Morgan fingerprint density at radius 3 is 2.46 bits per heavy atom. The maximum Gasteiger partial charge on any atom is 0.128 e. The van der Waals surface area contributed by atoms with Crippen molar-refractivity contribution in [3.8, 4) is 0 Å². The minimum Gasteiger partial charge on any atom is -0.357 e. The van der Waals surface area contributed by atoms with Crippen molar-refractivity contribution in [2.75, 3.05) is 24.5 Å². The fourth-order valence-corrected chi connectivity index (χ4v) is 4.12. The van der Waals surface area contributed by atoms with E-state index < -0.39 is 0 Å². The Balaban J connectivity index is 1.46. The SMILES string of the molecule is c1ccc(CN2CCC[C@H]2c2ccc(N3CCCCC3)nc2)cc1. The van der Waals surface area contributed by atoms with E-state index in [4.69, 9.17) is 4.98 Å². The van der Waals surface area contributed by atoms with Crippen LogP contribution in [0.5, 0.6) is 0 Å². The van der Waals surface area contributed by atoms with Gasteiger partial charge in [-0.3, -0.25) is 4.90 Å². The molecule has 2 saturated heterocycles. The summed E-state index contributed by atoms with van der Waals surface area (Å²) >= 11 is 0. The van der Waals surface area contributed by atoms with Gasteiger partial charge in [-0.05, 0) is 55.8 Å². The van der Waals surface area contributed by atoms with Crippen LogP contribution in [-0.4, -0.2) is 29.5 Å². The number of anilines is 1. The zero-order valence-corrected chi connectivity index (χ0v) is 14.4. The number of hydrogen-bond acceptors (Lipinski definition) is 3. The Morgan fingerprint density at radius 2 is 1.71 bits per heavy atom. The second kappa shape index (κ2) is 7.35. The van der Waals surface area contributed by atoms with Gasteiger partial charge in [-0.1, -0.05) is 36.4 Å². The molecule has 0 N–H and O–H groups in total. The van der Waals surface area contributed by atoms with Gasteiger partial charge in [-0.25, -0.2) is 4.98 Å². The number of hydrogen-bond donors (Lipinski definition) is 0. The van der Waals surface area contributed by atoms with Crippen LogP contribution < -0.4 is 4.90 Å². The lowest BCUT2D eigenvalue weighted by molar-refractivity contribution is 0.248. The second-order valence-electron chi connectivity index (χ2n) is 7.11. The molecule has 1 aromatic heterocycles. The van der Waals surface area contributed by atoms with E-state index in [1.165, 1.54) is 49.8 Å². The molecule has 126 valence electrons. The fourth-order valence-electron chi connectivity index (χ4n) is 4.12. The third kappa shape index (κ3) is 3.46. The largest absolute Gasteiger partial charge is 0.357 e. The van der Waals surface area contributed by atoms with Gasteiger partial charge in [0, 0.05) is 31.9 Å². The zero-order chi connectivity index (χ0) is 16.2. The molecule has 0 amide bonds. The van der Waals surface area contributed by atoms with Crippen molar-refractivity contribution in [1.82, 2.24) is 9.88 Å². The van der Waals surface area contributed by atoms with E-state index in [9.17, 15) is 0 Å². The summed E-state index contributed by atoms with van der Waals surface area (Å²) in [5.41, 5.74) is 2.78. The second-order valence-corrected chi connectivity index (χ2v) is 7.11. The standard InChI is InChI=1S/C21H27N3/c1-3-8-18(9-4-1)17-24-15-7-10-20(24)19-11-12-21(22-16-19)23-13-5-2-6-14-23/h1,3-4,8-9,11-12,16,20H,2,5-7,10,13-15,17H2/t20-/m0/s1. The molecule has 2 aliphatic heterocycles. The molecule has 0 saturated carbocycles. The molecule has 3 heterocycles. The Bertz CT molecular complexity index is 632. The third-order valence-electron chi connectivity index (χ3n) is 5.43. The lowest BCUT2D eigenvalue weighted by atomic mass is 10.1. The molecule has 0 unspecified atom stereocenters. The number of rotatable bonds is 4. The van der Waals surface area contributed by atoms with Crippen LogP contribution in [0.15, 0.2) is 48.7 Å². The average molecular weight is 321 g/mol. The van der Waals surface area contributed by atoms with Crippen molar-refractivity contribution in [3.63, 3.8) is 0 Å². The predicted octanol–water partition coefficient (Wildman–Crippen LogP) is 4.41. The molecule has 1 atom stereocenters. The molecule has 0 aliphatic carbocycles. The third-order valence-corrected chi connectivity index (χ3v) is 5.43. The van der Waals surface area contributed by atoms with Crippen LogP contribution in [0.1, 0.15) is 49.3 Å². The van der Waals surface area contributed by atoms with Crippen LogP contribution in [0.3, 0.4) is 0 Å². The monoisotopic (exact) mass is 321 g/mol. The van der Waals surface area contributed by atoms with E-state index in [1.54, 1.807) is 0 Å². The Labute approximate surface area is 145 Å². The van der Waals surface area contributed by atoms with Crippen molar-refractivity contribution in [2.45, 2.75) is 44.7 Å². The van der Waals surface area contributed by atoms with E-state index in [-0.39, 0.29) is 0 Å². The summed E-state index contributed by atoms with van der Waals surface area (Å²) in [6.07, 6.45) is 8.62. The smallest absolute Gasteiger partial charge is 0.128 e. The van der Waals surface area contributed by atoms with Gasteiger partial charge in [0.15, 0.2) is 0 Å². The minimum absolute atomic E-state index is 0.521. The van der Waals surface area contributed by atoms with Gasteiger partial charge in [0.1, 0.15) is 5.82 Å². The van der Waals surface area contributed by atoms with Crippen LogP contribution >= 0.6 is 0 Å². The molecule has 2 fully saturated rings. The number of likely N-dealkylation sites (tertiary alicyclic amines) is 1. The predicted molar refractivity (Wildman–Crippen MR) is 99.1 cm³/mol. The summed E-state index contributed by atoms with van der Waals surface area (Å²) in [6.45, 7) is 4.55. The van der Waals surface area contributed by atoms with Crippen molar-refractivity contribution in [1.29, 1.82) is 0 Å². The number of nitrogens with zero attached hydrogens (tertiary/aromatic N) is 3. The molecular weight excluding hydrogens is 294 g/mol. The van der Waals surface area contributed by atoms with Crippen LogP contribution in [0.4, 0.5) is 5.82 Å². The summed E-state index contributed by atoms with van der Waals surface area (Å²) in [4.78, 5) is 9.83. The molecule has 0 radical (unpaired) electrons. The number of aromatic nitrogens is 1. The summed E-state index contributed by atoms with van der Waals surface area (Å²) in [5, 5.41) is 0. The van der Waals surface area contributed by atoms with Gasteiger partial charge >= 0.3 is 0 Å². The van der Waals surface area contributed by atoms with Crippen LogP contribution in [-0.2, 0) is 6.54 Å². The van der Waals surface area contributed by atoms with Crippen LogP contribution in [0, 0.1) is 0 Å². The summed E-state index contributed by atoms with van der Waals surface area (Å²) < 4.78 is 0. The molecule has 4 rings (SSSR count). The first-order valence-electron chi connectivity index (χ1n) is 9.39. The minimum atomic E-state index is 0.521. The Hall–Kier alpha value is -1.87. The number of piperidine rings is 1. The fraction of sp³-hybridized carbons (Fsp3) is 0.476. The van der Waals surface area contributed by atoms with E-state index in [0.29, 0.717) is 6.04 Å². The van der Waals surface area contributed by atoms with Gasteiger partial charge in [0.25, 0.3) is 0 Å². The summed E-state index contributed by atoms with van der Waals surface area (Å²) in [5.74, 6) is 1.16. The summed E-state index contributed by atoms with van der Waals surface area (Å²) in [7, 11) is 0. The van der Waals surface area contributed by atoms with Crippen molar-refractivity contribution in [2.24, 2.45) is 0 Å². The Kier molecular flexibility index (Phi) is 4.79. The van der Waals surface area contributed by atoms with Gasteiger partial charge in [0.2, 0.25) is 0 Å². The molecule has 24 heavy (non-hydrogen) atoms. The maximum absolute atomic E-state index is 4.79. The molecule has 2 aromatic rings. The Morgan fingerprint density at radius 1 is 0.875 bits per heavy atom. The van der Waals surface area contributed by atoms with E-state index in [0.717, 1.165) is 25.5 Å². The number of benzene rings is 1. The first-order valence-corrected chi connectivity index (χ1v) is 9.39. The maximum atomic E-state index is 4.79. The van der Waals surface area contributed by atoms with E-state index >= 15 is 0 Å².